The Hall–Kier alpha value is -1.29. The van der Waals surface area contributed by atoms with Crippen LogP contribution in [0.3, 0.4) is 0 Å². The van der Waals surface area contributed by atoms with Crippen molar-refractivity contribution in [1.82, 2.24) is 14.8 Å². The molecule has 0 radical (unpaired) electrons. The van der Waals surface area contributed by atoms with E-state index in [4.69, 9.17) is 0 Å². The Balaban J connectivity index is 2.64. The van der Waals surface area contributed by atoms with Crippen LogP contribution in [0.15, 0.2) is 18.3 Å². The van der Waals surface area contributed by atoms with Gasteiger partial charge in [0.2, 0.25) is 5.91 Å². The molecule has 4 nitrogen and oxygen atoms in total. The van der Waals surface area contributed by atoms with E-state index in [9.17, 15) is 4.79 Å². The third-order valence-electron chi connectivity index (χ3n) is 2.70. The first-order chi connectivity index (χ1) is 7.72. The normalized spacial score (nSPS) is 10.4. The van der Waals surface area contributed by atoms with E-state index in [1.54, 1.807) is 0 Å². The molecule has 1 aromatic heterocycles. The van der Waals surface area contributed by atoms with Crippen molar-refractivity contribution in [1.29, 1.82) is 0 Å². The van der Waals surface area contributed by atoms with Gasteiger partial charge in [-0.2, -0.15) is 0 Å². The molecule has 0 aliphatic heterocycles. The number of rotatable bonds is 6. The highest BCUT2D eigenvalue weighted by Gasteiger charge is 2.11. The first kappa shape index (κ1) is 12.8. The molecule has 1 aromatic rings. The zero-order valence-electron chi connectivity index (χ0n) is 10.4. The summed E-state index contributed by atoms with van der Waals surface area (Å²) in [4.78, 5) is 13.8. The standard InChI is InChI=1S/C12H21N3O/c1-4-14(5-2)12(16)10-15-8-6-7-11(15)9-13-3/h6-8,13H,4-5,9-10H2,1-3H3. The average molecular weight is 223 g/mol. The van der Waals surface area contributed by atoms with Crippen LogP contribution in [-0.4, -0.2) is 35.5 Å². The van der Waals surface area contributed by atoms with Crippen LogP contribution in [0.4, 0.5) is 0 Å². The lowest BCUT2D eigenvalue weighted by Crippen LogP contribution is -2.33. The van der Waals surface area contributed by atoms with Crippen LogP contribution >= 0.6 is 0 Å². The summed E-state index contributed by atoms with van der Waals surface area (Å²) in [7, 11) is 1.91. The van der Waals surface area contributed by atoms with Crippen molar-refractivity contribution < 1.29 is 4.79 Å². The highest BCUT2D eigenvalue weighted by molar-refractivity contribution is 5.76. The number of nitrogens with zero attached hydrogens (tertiary/aromatic N) is 2. The molecule has 0 aliphatic carbocycles. The van der Waals surface area contributed by atoms with E-state index in [-0.39, 0.29) is 5.91 Å². The maximum Gasteiger partial charge on any atom is 0.242 e. The van der Waals surface area contributed by atoms with E-state index in [0.717, 1.165) is 25.3 Å². The van der Waals surface area contributed by atoms with Gasteiger partial charge in [0.05, 0.1) is 0 Å². The molecule has 0 aliphatic rings. The van der Waals surface area contributed by atoms with Crippen LogP contribution in [0.5, 0.6) is 0 Å². The molecular weight excluding hydrogens is 202 g/mol. The molecule has 1 heterocycles. The summed E-state index contributed by atoms with van der Waals surface area (Å²) < 4.78 is 2.00. The lowest BCUT2D eigenvalue weighted by molar-refractivity contribution is -0.131. The molecule has 90 valence electrons. The highest BCUT2D eigenvalue weighted by atomic mass is 16.2. The fourth-order valence-electron chi connectivity index (χ4n) is 1.77. The van der Waals surface area contributed by atoms with Gasteiger partial charge >= 0.3 is 0 Å². The molecule has 0 fully saturated rings. The second-order valence-electron chi connectivity index (χ2n) is 3.72. The fourth-order valence-corrected chi connectivity index (χ4v) is 1.77. The van der Waals surface area contributed by atoms with Gasteiger partial charge in [-0.05, 0) is 33.0 Å². The number of nitrogens with one attached hydrogen (secondary N) is 1. The predicted octanol–water partition coefficient (Wildman–Crippen LogP) is 1.08. The number of likely N-dealkylation sites (N-methyl/N-ethyl adjacent to an activating group) is 1. The molecular formula is C12H21N3O. The Kier molecular flexibility index (Phi) is 5.05. The van der Waals surface area contributed by atoms with Crippen LogP contribution in [0.25, 0.3) is 0 Å². The molecule has 1 N–H and O–H groups in total. The average Bonchev–Trinajstić information content (AvgIpc) is 2.68. The van der Waals surface area contributed by atoms with E-state index >= 15 is 0 Å². The largest absolute Gasteiger partial charge is 0.342 e. The molecule has 1 amide bonds. The predicted molar refractivity (Wildman–Crippen MR) is 65.1 cm³/mol. The van der Waals surface area contributed by atoms with E-state index < -0.39 is 0 Å². The first-order valence-electron chi connectivity index (χ1n) is 5.79. The minimum Gasteiger partial charge on any atom is -0.342 e. The Morgan fingerprint density at radius 3 is 2.69 bits per heavy atom. The third-order valence-corrected chi connectivity index (χ3v) is 2.70. The van der Waals surface area contributed by atoms with E-state index in [1.807, 2.05) is 48.7 Å². The Labute approximate surface area is 97.2 Å². The Morgan fingerprint density at radius 2 is 2.12 bits per heavy atom. The summed E-state index contributed by atoms with van der Waals surface area (Å²) in [6.07, 6.45) is 1.95. The molecule has 4 heteroatoms. The van der Waals surface area contributed by atoms with Crippen molar-refractivity contribution in [2.24, 2.45) is 0 Å². The van der Waals surface area contributed by atoms with E-state index in [0.29, 0.717) is 6.54 Å². The summed E-state index contributed by atoms with van der Waals surface area (Å²) >= 11 is 0. The molecule has 0 atom stereocenters. The van der Waals surface area contributed by atoms with Crippen LogP contribution in [-0.2, 0) is 17.9 Å². The van der Waals surface area contributed by atoms with Gasteiger partial charge in [0.15, 0.2) is 0 Å². The topological polar surface area (TPSA) is 37.3 Å². The molecule has 1 rings (SSSR count). The second kappa shape index (κ2) is 6.33. The number of hydrogen-bond donors (Lipinski definition) is 1. The summed E-state index contributed by atoms with van der Waals surface area (Å²) in [5.41, 5.74) is 1.14. The zero-order chi connectivity index (χ0) is 12.0. The van der Waals surface area contributed by atoms with Gasteiger partial charge in [0.1, 0.15) is 6.54 Å². The summed E-state index contributed by atoms with van der Waals surface area (Å²) in [6.45, 7) is 6.79. The van der Waals surface area contributed by atoms with Gasteiger partial charge in [-0.25, -0.2) is 0 Å². The zero-order valence-corrected chi connectivity index (χ0v) is 10.4. The molecule has 0 saturated heterocycles. The van der Waals surface area contributed by atoms with Crippen LogP contribution in [0.2, 0.25) is 0 Å². The SMILES string of the molecule is CCN(CC)C(=O)Cn1cccc1CNC. The molecule has 0 unspecified atom stereocenters. The van der Waals surface area contributed by atoms with Crippen molar-refractivity contribution >= 4 is 5.91 Å². The van der Waals surface area contributed by atoms with Crippen molar-refractivity contribution in [3.8, 4) is 0 Å². The minimum absolute atomic E-state index is 0.179. The second-order valence-corrected chi connectivity index (χ2v) is 3.72. The van der Waals surface area contributed by atoms with Crippen LogP contribution in [0, 0.1) is 0 Å². The maximum atomic E-state index is 11.9. The molecule has 0 bridgehead atoms. The van der Waals surface area contributed by atoms with Crippen LogP contribution < -0.4 is 5.32 Å². The van der Waals surface area contributed by atoms with Gasteiger partial charge < -0.3 is 14.8 Å². The van der Waals surface area contributed by atoms with E-state index in [1.165, 1.54) is 0 Å². The van der Waals surface area contributed by atoms with Gasteiger partial charge in [0, 0.05) is 31.5 Å². The van der Waals surface area contributed by atoms with Gasteiger partial charge in [-0.3, -0.25) is 4.79 Å². The number of carbonyl (C=O) groups is 1. The first-order valence-corrected chi connectivity index (χ1v) is 5.79. The number of carbonyl (C=O) groups excluding carboxylic acids is 1. The summed E-state index contributed by atoms with van der Waals surface area (Å²) in [6, 6.07) is 4.01. The van der Waals surface area contributed by atoms with E-state index in [2.05, 4.69) is 5.32 Å². The Morgan fingerprint density at radius 1 is 1.44 bits per heavy atom. The van der Waals surface area contributed by atoms with Gasteiger partial charge in [-0.15, -0.1) is 0 Å². The number of hydrogen-bond acceptors (Lipinski definition) is 2. The smallest absolute Gasteiger partial charge is 0.242 e. The summed E-state index contributed by atoms with van der Waals surface area (Å²) in [5, 5.41) is 3.10. The minimum atomic E-state index is 0.179. The van der Waals surface area contributed by atoms with Crippen molar-refractivity contribution in [2.45, 2.75) is 26.9 Å². The van der Waals surface area contributed by atoms with Crippen molar-refractivity contribution in [2.75, 3.05) is 20.1 Å². The van der Waals surface area contributed by atoms with Crippen LogP contribution in [0.1, 0.15) is 19.5 Å². The van der Waals surface area contributed by atoms with Gasteiger partial charge in [-0.1, -0.05) is 0 Å². The Bertz CT molecular complexity index is 329. The third kappa shape index (κ3) is 3.10. The fraction of sp³-hybridized carbons (Fsp3) is 0.583. The van der Waals surface area contributed by atoms with Gasteiger partial charge in [0.25, 0.3) is 0 Å². The molecule has 0 aromatic carbocycles. The quantitative estimate of drug-likeness (QED) is 0.783. The van der Waals surface area contributed by atoms with Crippen molar-refractivity contribution in [3.05, 3.63) is 24.0 Å². The van der Waals surface area contributed by atoms with Crippen molar-refractivity contribution in [3.63, 3.8) is 0 Å². The monoisotopic (exact) mass is 223 g/mol. The number of aromatic nitrogens is 1. The molecule has 0 spiro atoms. The number of amides is 1. The maximum absolute atomic E-state index is 11.9. The summed E-state index contributed by atoms with van der Waals surface area (Å²) in [5.74, 6) is 0.179. The highest BCUT2D eigenvalue weighted by Crippen LogP contribution is 2.03. The molecule has 0 saturated carbocycles. The molecule has 16 heavy (non-hydrogen) atoms. The lowest BCUT2D eigenvalue weighted by Gasteiger charge is -2.19. The lowest BCUT2D eigenvalue weighted by atomic mass is 10.4.